The van der Waals surface area contributed by atoms with Gasteiger partial charge in [0.05, 0.1) is 11.9 Å². The van der Waals surface area contributed by atoms with Gasteiger partial charge in [0.2, 0.25) is 0 Å². The fourth-order valence-electron chi connectivity index (χ4n) is 3.30. The van der Waals surface area contributed by atoms with E-state index in [2.05, 4.69) is 41.7 Å². The Balaban J connectivity index is 1.92. The van der Waals surface area contributed by atoms with Crippen molar-refractivity contribution in [3.05, 3.63) is 30.1 Å². The van der Waals surface area contributed by atoms with Gasteiger partial charge in [-0.2, -0.15) is 9.61 Å². The lowest BCUT2D eigenvalue weighted by atomic mass is 10.1. The molecule has 0 aliphatic heterocycles. The number of anilines is 1. The van der Waals surface area contributed by atoms with Crippen molar-refractivity contribution in [3.63, 3.8) is 0 Å². The van der Waals surface area contributed by atoms with Crippen molar-refractivity contribution in [1.29, 1.82) is 0 Å². The van der Waals surface area contributed by atoms with Crippen molar-refractivity contribution < 1.29 is 0 Å². The lowest BCUT2D eigenvalue weighted by Gasteiger charge is -2.17. The number of fused-ring (bicyclic) bond motifs is 1. The summed E-state index contributed by atoms with van der Waals surface area (Å²) in [5.74, 6) is 1.04. The molecule has 2 heterocycles. The van der Waals surface area contributed by atoms with Crippen LogP contribution in [0.15, 0.2) is 24.4 Å². The maximum atomic E-state index is 4.72. The summed E-state index contributed by atoms with van der Waals surface area (Å²) in [6.07, 6.45) is 8.51. The molecule has 2 aromatic rings. The molecule has 0 unspecified atom stereocenters. The van der Waals surface area contributed by atoms with Gasteiger partial charge in [0, 0.05) is 24.2 Å². The molecule has 1 aliphatic rings. The highest BCUT2D eigenvalue weighted by molar-refractivity contribution is 5.67. The van der Waals surface area contributed by atoms with E-state index < -0.39 is 0 Å². The maximum absolute atomic E-state index is 4.72. The molecule has 2 aromatic heterocycles. The molecule has 0 aromatic carbocycles. The number of hydrogen-bond acceptors (Lipinski definition) is 4. The van der Waals surface area contributed by atoms with Gasteiger partial charge in [0.15, 0.2) is 5.65 Å². The van der Waals surface area contributed by atoms with Gasteiger partial charge in [-0.25, -0.2) is 4.98 Å². The molecule has 1 aliphatic carbocycles. The van der Waals surface area contributed by atoms with Gasteiger partial charge >= 0.3 is 0 Å². The van der Waals surface area contributed by atoms with Crippen LogP contribution < -0.4 is 10.6 Å². The zero-order valence-electron chi connectivity index (χ0n) is 13.6. The number of hydrogen-bond donors (Lipinski definition) is 2. The van der Waals surface area contributed by atoms with Gasteiger partial charge in [0.1, 0.15) is 5.82 Å². The molecule has 2 N–H and O–H groups in total. The van der Waals surface area contributed by atoms with Crippen LogP contribution in [0.1, 0.15) is 45.2 Å². The van der Waals surface area contributed by atoms with E-state index in [-0.39, 0.29) is 0 Å². The molecule has 5 nitrogen and oxygen atoms in total. The van der Waals surface area contributed by atoms with Crippen LogP contribution in [0.4, 0.5) is 5.82 Å². The summed E-state index contributed by atoms with van der Waals surface area (Å²) in [6, 6.07) is 5.21. The minimum Gasteiger partial charge on any atom is -0.367 e. The molecular formula is C17H25N5. The number of nitrogens with one attached hydrogen (secondary N) is 2. The van der Waals surface area contributed by atoms with Crippen molar-refractivity contribution in [1.82, 2.24) is 19.9 Å². The van der Waals surface area contributed by atoms with Gasteiger partial charge < -0.3 is 10.6 Å². The Labute approximate surface area is 131 Å². The van der Waals surface area contributed by atoms with Crippen LogP contribution in [0.3, 0.4) is 0 Å². The molecule has 22 heavy (non-hydrogen) atoms. The predicted octanol–water partition coefficient (Wildman–Crippen LogP) is 3.10. The third kappa shape index (κ3) is 2.86. The predicted molar refractivity (Wildman–Crippen MR) is 91.0 cm³/mol. The first-order chi connectivity index (χ1) is 10.7. The summed E-state index contributed by atoms with van der Waals surface area (Å²) in [6.45, 7) is 4.24. The molecule has 3 rings (SSSR count). The highest BCUT2D eigenvalue weighted by atomic mass is 15.3. The van der Waals surface area contributed by atoms with Crippen molar-refractivity contribution in [2.24, 2.45) is 0 Å². The molecule has 1 saturated carbocycles. The highest BCUT2D eigenvalue weighted by Crippen LogP contribution is 2.25. The van der Waals surface area contributed by atoms with Crippen LogP contribution in [-0.2, 0) is 0 Å². The van der Waals surface area contributed by atoms with Crippen LogP contribution >= 0.6 is 0 Å². The lowest BCUT2D eigenvalue weighted by molar-refractivity contribution is 0.575. The molecule has 0 bridgehead atoms. The second kappa shape index (κ2) is 6.48. The summed E-state index contributed by atoms with van der Waals surface area (Å²) >= 11 is 0. The van der Waals surface area contributed by atoms with E-state index >= 15 is 0 Å². The Hall–Kier alpha value is -1.88. The van der Waals surface area contributed by atoms with Crippen molar-refractivity contribution in [3.8, 4) is 0 Å². The molecule has 0 amide bonds. The van der Waals surface area contributed by atoms with Crippen molar-refractivity contribution >= 4 is 17.0 Å². The quantitative estimate of drug-likeness (QED) is 0.891. The molecule has 0 radical (unpaired) electrons. The van der Waals surface area contributed by atoms with Crippen LogP contribution in [0, 0.1) is 0 Å². The minimum absolute atomic E-state index is 0.496. The standard InChI is InChI=1S/C17H25N5/c1-4-12(5-2)15-11-17(22-16(21-15)8-9-19-22)20-14-7-6-13(10-14)18-3/h4,8-9,11,13-14,18,20H,5-7,10H2,1-3H3/b12-4+/t13-,14-/m0/s1. The molecule has 0 spiro atoms. The molecule has 5 heteroatoms. The Morgan fingerprint density at radius 3 is 2.91 bits per heavy atom. The largest absolute Gasteiger partial charge is 0.367 e. The van der Waals surface area contributed by atoms with Gasteiger partial charge in [0.25, 0.3) is 0 Å². The van der Waals surface area contributed by atoms with Crippen molar-refractivity contribution in [2.45, 2.75) is 51.6 Å². The fraction of sp³-hybridized carbons (Fsp3) is 0.529. The zero-order valence-corrected chi connectivity index (χ0v) is 13.6. The van der Waals surface area contributed by atoms with Crippen LogP contribution in [0.2, 0.25) is 0 Å². The van der Waals surface area contributed by atoms with E-state index in [1.807, 2.05) is 23.8 Å². The number of aromatic nitrogens is 3. The minimum atomic E-state index is 0.496. The summed E-state index contributed by atoms with van der Waals surface area (Å²) in [4.78, 5) is 4.72. The molecular weight excluding hydrogens is 274 g/mol. The summed E-state index contributed by atoms with van der Waals surface area (Å²) in [5.41, 5.74) is 3.21. The average molecular weight is 299 g/mol. The van der Waals surface area contributed by atoms with Gasteiger partial charge in [-0.15, -0.1) is 0 Å². The molecule has 1 fully saturated rings. The first-order valence-electron chi connectivity index (χ1n) is 8.19. The normalized spacial score (nSPS) is 22.4. The van der Waals surface area contributed by atoms with Crippen LogP contribution in [0.25, 0.3) is 11.2 Å². The SMILES string of the molecule is C/C=C(\CC)c1cc(N[C@H]2CC[C@H](NC)C2)n2nccc2n1. The second-order valence-electron chi connectivity index (χ2n) is 5.94. The van der Waals surface area contributed by atoms with E-state index in [4.69, 9.17) is 4.98 Å². The topological polar surface area (TPSA) is 54.2 Å². The van der Waals surface area contributed by atoms with Crippen LogP contribution in [0.5, 0.6) is 0 Å². The number of allylic oxidation sites excluding steroid dienone is 2. The Morgan fingerprint density at radius 2 is 2.23 bits per heavy atom. The van der Waals surface area contributed by atoms with Gasteiger partial charge in [-0.1, -0.05) is 13.0 Å². The van der Waals surface area contributed by atoms with E-state index in [0.29, 0.717) is 12.1 Å². The third-order valence-corrected chi connectivity index (χ3v) is 4.61. The molecule has 0 saturated heterocycles. The molecule has 2 atom stereocenters. The van der Waals surface area contributed by atoms with Crippen molar-refractivity contribution in [2.75, 3.05) is 12.4 Å². The zero-order chi connectivity index (χ0) is 15.5. The Kier molecular flexibility index (Phi) is 4.43. The Morgan fingerprint density at radius 1 is 1.41 bits per heavy atom. The maximum Gasteiger partial charge on any atom is 0.157 e. The number of rotatable bonds is 5. The lowest BCUT2D eigenvalue weighted by Crippen LogP contribution is -2.25. The third-order valence-electron chi connectivity index (χ3n) is 4.61. The fourth-order valence-corrected chi connectivity index (χ4v) is 3.30. The van der Waals surface area contributed by atoms with Gasteiger partial charge in [-0.05, 0) is 45.2 Å². The molecule has 118 valence electrons. The van der Waals surface area contributed by atoms with Crippen LogP contribution in [-0.4, -0.2) is 33.7 Å². The summed E-state index contributed by atoms with van der Waals surface area (Å²) in [5, 5.41) is 11.5. The first-order valence-corrected chi connectivity index (χ1v) is 8.19. The smallest absolute Gasteiger partial charge is 0.157 e. The highest BCUT2D eigenvalue weighted by Gasteiger charge is 2.24. The first kappa shape index (κ1) is 15.0. The van der Waals surface area contributed by atoms with E-state index in [0.717, 1.165) is 30.0 Å². The monoisotopic (exact) mass is 299 g/mol. The summed E-state index contributed by atoms with van der Waals surface area (Å²) < 4.78 is 1.90. The van der Waals surface area contributed by atoms with E-state index in [1.54, 1.807) is 0 Å². The summed E-state index contributed by atoms with van der Waals surface area (Å²) in [7, 11) is 2.04. The van der Waals surface area contributed by atoms with E-state index in [9.17, 15) is 0 Å². The Bertz CT molecular complexity index is 673. The van der Waals surface area contributed by atoms with E-state index in [1.165, 1.54) is 18.4 Å². The van der Waals surface area contributed by atoms with Gasteiger partial charge in [-0.3, -0.25) is 0 Å². The second-order valence-corrected chi connectivity index (χ2v) is 5.94. The average Bonchev–Trinajstić information content (AvgIpc) is 3.17. The number of nitrogens with zero attached hydrogens (tertiary/aromatic N) is 3.